The molecule has 2 aliphatic rings. The molecule has 0 spiro atoms. The number of amides is 1. The van der Waals surface area contributed by atoms with Crippen LogP contribution in [0, 0.1) is 17.8 Å². The number of likely N-dealkylation sites (tertiary alicyclic amines) is 1. The number of ether oxygens (including phenoxy) is 1. The fourth-order valence-corrected chi connectivity index (χ4v) is 3.46. The molecule has 2 fully saturated rings. The normalized spacial score (nSPS) is 26.6. The van der Waals surface area contributed by atoms with Crippen molar-refractivity contribution in [2.24, 2.45) is 17.8 Å². The predicted molar refractivity (Wildman–Crippen MR) is 79.5 cm³/mol. The van der Waals surface area contributed by atoms with Crippen molar-refractivity contribution in [3.63, 3.8) is 0 Å². The van der Waals surface area contributed by atoms with Crippen LogP contribution in [0.5, 0.6) is 0 Å². The van der Waals surface area contributed by atoms with E-state index in [0.29, 0.717) is 24.9 Å². The molecule has 1 saturated heterocycles. The highest BCUT2D eigenvalue weighted by Crippen LogP contribution is 2.51. The fraction of sp³-hybridized carbons (Fsp3) is 0.533. The topological polar surface area (TPSA) is 72.9 Å². The van der Waals surface area contributed by atoms with Gasteiger partial charge in [-0.25, -0.2) is 4.79 Å². The second kappa shape index (κ2) is 5.89. The van der Waals surface area contributed by atoms with Crippen molar-refractivity contribution in [3.8, 4) is 0 Å². The summed E-state index contributed by atoms with van der Waals surface area (Å²) >= 11 is 0. The summed E-state index contributed by atoms with van der Waals surface area (Å²) in [4.78, 5) is 13.7. The first-order valence-corrected chi connectivity index (χ1v) is 9.06. The highest BCUT2D eigenvalue weighted by molar-refractivity contribution is 7.85. The molecule has 2 unspecified atom stereocenters. The van der Waals surface area contributed by atoms with E-state index in [1.54, 1.807) is 4.90 Å². The summed E-state index contributed by atoms with van der Waals surface area (Å²) in [7, 11) is -3.38. The van der Waals surface area contributed by atoms with Gasteiger partial charge in [0.1, 0.15) is 6.61 Å². The van der Waals surface area contributed by atoms with Gasteiger partial charge in [0.2, 0.25) is 0 Å². The Kier molecular flexibility index (Phi) is 4.10. The monoisotopic (exact) mass is 325 g/mol. The van der Waals surface area contributed by atoms with Crippen LogP contribution in [0.1, 0.15) is 5.56 Å². The second-order valence-corrected chi connectivity index (χ2v) is 7.57. The van der Waals surface area contributed by atoms with Crippen LogP contribution in [-0.2, 0) is 25.6 Å². The standard InChI is InChI=1S/C15H19NO5S/c1-22(18,19)21-10-14-12-7-16(8-13(12)14)15(17)20-9-11-5-3-2-4-6-11/h2-6,12-14H,7-10H2,1H3. The van der Waals surface area contributed by atoms with E-state index in [1.807, 2.05) is 30.3 Å². The third-order valence-corrected chi connectivity index (χ3v) is 4.87. The molecule has 0 aromatic heterocycles. The largest absolute Gasteiger partial charge is 0.445 e. The first-order chi connectivity index (χ1) is 10.4. The fourth-order valence-electron chi connectivity index (χ4n) is 3.06. The number of carbonyl (C=O) groups excluding carboxylic acids is 1. The lowest BCUT2D eigenvalue weighted by molar-refractivity contribution is 0.0973. The maximum Gasteiger partial charge on any atom is 0.410 e. The third kappa shape index (κ3) is 3.59. The maximum absolute atomic E-state index is 12.0. The zero-order valence-corrected chi connectivity index (χ0v) is 13.2. The number of carbonyl (C=O) groups is 1. The smallest absolute Gasteiger partial charge is 0.410 e. The molecule has 1 saturated carbocycles. The van der Waals surface area contributed by atoms with Crippen molar-refractivity contribution in [2.75, 3.05) is 26.0 Å². The van der Waals surface area contributed by atoms with E-state index < -0.39 is 10.1 Å². The van der Waals surface area contributed by atoms with Gasteiger partial charge in [-0.2, -0.15) is 8.42 Å². The van der Waals surface area contributed by atoms with Gasteiger partial charge in [-0.05, 0) is 23.3 Å². The lowest BCUT2D eigenvalue weighted by Gasteiger charge is -2.19. The summed E-state index contributed by atoms with van der Waals surface area (Å²) in [5.41, 5.74) is 0.958. The van der Waals surface area contributed by atoms with Gasteiger partial charge < -0.3 is 9.64 Å². The number of rotatable bonds is 5. The van der Waals surface area contributed by atoms with E-state index in [9.17, 15) is 13.2 Å². The van der Waals surface area contributed by atoms with Crippen LogP contribution in [0.2, 0.25) is 0 Å². The zero-order chi connectivity index (χ0) is 15.7. The van der Waals surface area contributed by atoms with Crippen LogP contribution in [0.25, 0.3) is 0 Å². The molecule has 2 atom stereocenters. The Morgan fingerprint density at radius 2 is 1.86 bits per heavy atom. The molecule has 0 bridgehead atoms. The van der Waals surface area contributed by atoms with E-state index in [4.69, 9.17) is 8.92 Å². The van der Waals surface area contributed by atoms with Crippen molar-refractivity contribution >= 4 is 16.2 Å². The van der Waals surface area contributed by atoms with Gasteiger partial charge in [-0.1, -0.05) is 30.3 Å². The highest BCUT2D eigenvalue weighted by atomic mass is 32.2. The number of piperidine rings is 1. The number of fused-ring (bicyclic) bond motifs is 1. The van der Waals surface area contributed by atoms with Gasteiger partial charge in [0, 0.05) is 13.1 Å². The Hall–Kier alpha value is -1.60. The molecule has 3 rings (SSSR count). The van der Waals surface area contributed by atoms with Crippen molar-refractivity contribution < 1.29 is 22.1 Å². The Morgan fingerprint density at radius 3 is 2.45 bits per heavy atom. The number of hydrogen-bond donors (Lipinski definition) is 0. The molecule has 6 nitrogen and oxygen atoms in total. The Balaban J connectivity index is 1.41. The van der Waals surface area contributed by atoms with Crippen LogP contribution in [0.4, 0.5) is 4.79 Å². The van der Waals surface area contributed by atoms with Crippen molar-refractivity contribution in [1.82, 2.24) is 4.90 Å². The molecule has 1 aromatic carbocycles. The molecule has 1 aromatic rings. The summed E-state index contributed by atoms with van der Waals surface area (Å²) in [5.74, 6) is 0.921. The molecular weight excluding hydrogens is 306 g/mol. The van der Waals surface area contributed by atoms with Gasteiger partial charge in [-0.3, -0.25) is 4.18 Å². The van der Waals surface area contributed by atoms with Crippen LogP contribution in [0.15, 0.2) is 30.3 Å². The molecule has 1 aliphatic heterocycles. The summed E-state index contributed by atoms with van der Waals surface area (Å²) in [6.07, 6.45) is 0.747. The van der Waals surface area contributed by atoms with Gasteiger partial charge in [-0.15, -0.1) is 0 Å². The van der Waals surface area contributed by atoms with Crippen molar-refractivity contribution in [3.05, 3.63) is 35.9 Å². The molecular formula is C15H19NO5S. The molecule has 7 heteroatoms. The second-order valence-electron chi connectivity index (χ2n) is 5.93. The summed E-state index contributed by atoms with van der Waals surface area (Å²) < 4.78 is 32.1. The minimum absolute atomic E-state index is 0.223. The van der Waals surface area contributed by atoms with E-state index in [1.165, 1.54) is 0 Å². The van der Waals surface area contributed by atoms with Gasteiger partial charge in [0.25, 0.3) is 10.1 Å². The minimum Gasteiger partial charge on any atom is -0.445 e. The molecule has 1 amide bonds. The van der Waals surface area contributed by atoms with E-state index in [0.717, 1.165) is 11.8 Å². The van der Waals surface area contributed by atoms with Gasteiger partial charge in [0.05, 0.1) is 12.9 Å². The average Bonchev–Trinajstić information content (AvgIpc) is 2.93. The van der Waals surface area contributed by atoms with Crippen LogP contribution in [-0.4, -0.2) is 45.4 Å². The Bertz CT molecular complexity index is 633. The lowest BCUT2D eigenvalue weighted by Crippen LogP contribution is -2.32. The van der Waals surface area contributed by atoms with E-state index in [-0.39, 0.29) is 25.2 Å². The summed E-state index contributed by atoms with van der Waals surface area (Å²) in [5, 5.41) is 0. The van der Waals surface area contributed by atoms with Crippen molar-refractivity contribution in [2.45, 2.75) is 6.61 Å². The number of nitrogens with zero attached hydrogens (tertiary/aromatic N) is 1. The summed E-state index contributed by atoms with van der Waals surface area (Å²) in [6, 6.07) is 9.54. The molecule has 0 radical (unpaired) electrons. The van der Waals surface area contributed by atoms with Crippen molar-refractivity contribution in [1.29, 1.82) is 0 Å². The van der Waals surface area contributed by atoms with E-state index in [2.05, 4.69) is 0 Å². The Labute approximate surface area is 130 Å². The number of hydrogen-bond acceptors (Lipinski definition) is 5. The highest BCUT2D eigenvalue weighted by Gasteiger charge is 2.57. The SMILES string of the molecule is CS(=O)(=O)OCC1C2CN(C(=O)OCc3ccccc3)CC12. The molecule has 0 N–H and O–H groups in total. The summed E-state index contributed by atoms with van der Waals surface area (Å²) in [6.45, 7) is 1.74. The number of benzene rings is 1. The first kappa shape index (κ1) is 15.3. The molecule has 1 aliphatic carbocycles. The molecule has 120 valence electrons. The maximum atomic E-state index is 12.0. The van der Waals surface area contributed by atoms with Crippen LogP contribution in [0.3, 0.4) is 0 Å². The molecule has 1 heterocycles. The van der Waals surface area contributed by atoms with Crippen LogP contribution < -0.4 is 0 Å². The Morgan fingerprint density at radius 1 is 1.23 bits per heavy atom. The first-order valence-electron chi connectivity index (χ1n) is 7.24. The predicted octanol–water partition coefficient (Wildman–Crippen LogP) is 1.48. The van der Waals surface area contributed by atoms with Crippen LogP contribution >= 0.6 is 0 Å². The quantitative estimate of drug-likeness (QED) is 0.767. The third-order valence-electron chi connectivity index (χ3n) is 4.31. The zero-order valence-electron chi connectivity index (χ0n) is 12.3. The van der Waals surface area contributed by atoms with Gasteiger partial charge in [0.15, 0.2) is 0 Å². The lowest BCUT2D eigenvalue weighted by atomic mass is 10.2. The van der Waals surface area contributed by atoms with Gasteiger partial charge >= 0.3 is 6.09 Å². The van der Waals surface area contributed by atoms with E-state index >= 15 is 0 Å². The minimum atomic E-state index is -3.38. The average molecular weight is 325 g/mol. The molecule has 22 heavy (non-hydrogen) atoms.